The van der Waals surface area contributed by atoms with Crippen LogP contribution in [0.25, 0.3) is 0 Å². The van der Waals surface area contributed by atoms with Gasteiger partial charge in [-0.2, -0.15) is 0 Å². The summed E-state index contributed by atoms with van der Waals surface area (Å²) in [4.78, 5) is 0. The summed E-state index contributed by atoms with van der Waals surface area (Å²) in [6.07, 6.45) is -0.761. The van der Waals surface area contributed by atoms with Crippen molar-refractivity contribution in [2.75, 3.05) is 18.5 Å². The van der Waals surface area contributed by atoms with Crippen molar-refractivity contribution in [2.45, 2.75) is 13.0 Å². The smallest absolute Gasteiger partial charge is 0.165 e. The average Bonchev–Trinajstić information content (AvgIpc) is 2.48. The Bertz CT molecular complexity index is 607. The van der Waals surface area contributed by atoms with Gasteiger partial charge in [-0.3, -0.25) is 0 Å². The highest BCUT2D eigenvalue weighted by Crippen LogP contribution is 2.22. The van der Waals surface area contributed by atoms with Gasteiger partial charge in [-0.05, 0) is 36.8 Å². The van der Waals surface area contributed by atoms with Gasteiger partial charge in [-0.15, -0.1) is 0 Å². The molecule has 0 aromatic heterocycles. The van der Waals surface area contributed by atoms with Crippen LogP contribution < -0.4 is 10.1 Å². The van der Waals surface area contributed by atoms with E-state index in [1.807, 2.05) is 19.1 Å². The van der Waals surface area contributed by atoms with Crippen molar-refractivity contribution in [1.82, 2.24) is 0 Å². The second-order valence-corrected chi connectivity index (χ2v) is 5.10. The molecule has 2 aromatic carbocycles. The summed E-state index contributed by atoms with van der Waals surface area (Å²) in [7, 11) is 0. The topological polar surface area (TPSA) is 41.5 Å². The largest absolute Gasteiger partial charge is 0.488 e. The lowest BCUT2D eigenvalue weighted by molar-refractivity contribution is 0.115. The zero-order valence-electron chi connectivity index (χ0n) is 11.6. The molecular weight excluding hydrogens is 293 g/mol. The number of benzene rings is 2. The maximum atomic E-state index is 13.4. The van der Waals surface area contributed by atoms with E-state index in [-0.39, 0.29) is 18.9 Å². The average molecular weight is 310 g/mol. The van der Waals surface area contributed by atoms with E-state index in [9.17, 15) is 9.50 Å². The van der Waals surface area contributed by atoms with Crippen molar-refractivity contribution >= 4 is 17.3 Å². The summed E-state index contributed by atoms with van der Waals surface area (Å²) in [6.45, 7) is 2.19. The van der Waals surface area contributed by atoms with E-state index < -0.39 is 11.9 Å². The van der Waals surface area contributed by atoms with Gasteiger partial charge < -0.3 is 15.2 Å². The molecule has 21 heavy (non-hydrogen) atoms. The van der Waals surface area contributed by atoms with Crippen LogP contribution in [0.2, 0.25) is 5.02 Å². The van der Waals surface area contributed by atoms with Crippen molar-refractivity contribution in [3.05, 3.63) is 58.9 Å². The fourth-order valence-electron chi connectivity index (χ4n) is 1.83. The molecule has 0 aliphatic rings. The van der Waals surface area contributed by atoms with E-state index in [0.717, 1.165) is 11.3 Å². The first-order valence-electron chi connectivity index (χ1n) is 6.62. The SMILES string of the molecule is Cc1c(Cl)cccc1NCC(O)COc1ccccc1F. The first-order chi connectivity index (χ1) is 10.1. The quantitative estimate of drug-likeness (QED) is 0.856. The van der Waals surface area contributed by atoms with Crippen LogP contribution in [0.3, 0.4) is 0 Å². The number of anilines is 1. The summed E-state index contributed by atoms with van der Waals surface area (Å²) in [5.74, 6) is -0.307. The molecule has 1 unspecified atom stereocenters. The number of aliphatic hydroxyl groups excluding tert-OH is 1. The standard InChI is InChI=1S/C16H17ClFNO2/c1-11-13(17)5-4-7-15(11)19-9-12(20)10-21-16-8-3-2-6-14(16)18/h2-8,12,19-20H,9-10H2,1H3. The molecule has 0 saturated heterocycles. The van der Waals surface area contributed by atoms with Crippen molar-refractivity contribution in [3.8, 4) is 5.75 Å². The van der Waals surface area contributed by atoms with Crippen LogP contribution in [-0.4, -0.2) is 24.4 Å². The Morgan fingerprint density at radius 3 is 2.76 bits per heavy atom. The van der Waals surface area contributed by atoms with Crippen LogP contribution in [0.15, 0.2) is 42.5 Å². The minimum absolute atomic E-state index is 0.00749. The Kier molecular flexibility index (Phi) is 5.42. The lowest BCUT2D eigenvalue weighted by atomic mass is 10.2. The van der Waals surface area contributed by atoms with Gasteiger partial charge in [0.25, 0.3) is 0 Å². The molecule has 0 aliphatic heterocycles. The number of halogens is 2. The minimum atomic E-state index is -0.761. The van der Waals surface area contributed by atoms with Gasteiger partial charge >= 0.3 is 0 Å². The number of ether oxygens (including phenoxy) is 1. The maximum Gasteiger partial charge on any atom is 0.165 e. The molecule has 112 valence electrons. The molecule has 1 atom stereocenters. The third-order valence-electron chi connectivity index (χ3n) is 3.06. The van der Waals surface area contributed by atoms with Gasteiger partial charge in [0.05, 0.1) is 0 Å². The Morgan fingerprint density at radius 1 is 1.24 bits per heavy atom. The first-order valence-corrected chi connectivity index (χ1v) is 7.00. The van der Waals surface area contributed by atoms with Crippen LogP contribution in [-0.2, 0) is 0 Å². The molecule has 0 spiro atoms. The molecule has 0 radical (unpaired) electrons. The third kappa shape index (κ3) is 4.34. The molecule has 0 heterocycles. The molecular formula is C16H17ClFNO2. The highest BCUT2D eigenvalue weighted by molar-refractivity contribution is 6.31. The Labute approximate surface area is 128 Å². The second-order valence-electron chi connectivity index (χ2n) is 4.69. The maximum absolute atomic E-state index is 13.4. The van der Waals surface area contributed by atoms with E-state index in [2.05, 4.69) is 5.32 Å². The third-order valence-corrected chi connectivity index (χ3v) is 3.47. The molecule has 2 aromatic rings. The van der Waals surface area contributed by atoms with Gasteiger partial charge in [0.1, 0.15) is 12.7 Å². The number of aliphatic hydroxyl groups is 1. The molecule has 2 rings (SSSR count). The summed E-state index contributed by atoms with van der Waals surface area (Å²) in [5.41, 5.74) is 1.77. The minimum Gasteiger partial charge on any atom is -0.488 e. The Morgan fingerprint density at radius 2 is 2.00 bits per heavy atom. The number of hydrogen-bond donors (Lipinski definition) is 2. The first kappa shape index (κ1) is 15.6. The van der Waals surface area contributed by atoms with Crippen LogP contribution in [0, 0.1) is 12.7 Å². The van der Waals surface area contributed by atoms with E-state index >= 15 is 0 Å². The molecule has 0 aliphatic carbocycles. The summed E-state index contributed by atoms with van der Waals surface area (Å²) in [5, 5.41) is 13.6. The molecule has 0 amide bonds. The zero-order valence-corrected chi connectivity index (χ0v) is 12.4. The monoisotopic (exact) mass is 309 g/mol. The fourth-order valence-corrected chi connectivity index (χ4v) is 2.01. The molecule has 2 N–H and O–H groups in total. The van der Waals surface area contributed by atoms with Crippen LogP contribution in [0.1, 0.15) is 5.56 Å². The summed E-state index contributed by atoms with van der Waals surface area (Å²) >= 11 is 6.02. The lowest BCUT2D eigenvalue weighted by Gasteiger charge is -2.16. The molecule has 3 nitrogen and oxygen atoms in total. The van der Waals surface area contributed by atoms with Gasteiger partial charge in [-0.25, -0.2) is 4.39 Å². The highest BCUT2D eigenvalue weighted by atomic mass is 35.5. The van der Waals surface area contributed by atoms with Gasteiger partial charge in [-0.1, -0.05) is 29.8 Å². The number of rotatable bonds is 6. The summed E-state index contributed by atoms with van der Waals surface area (Å²) < 4.78 is 18.6. The van der Waals surface area contributed by atoms with Gasteiger partial charge in [0.2, 0.25) is 0 Å². The van der Waals surface area contributed by atoms with E-state index in [4.69, 9.17) is 16.3 Å². The van der Waals surface area contributed by atoms with E-state index in [0.29, 0.717) is 5.02 Å². The predicted molar refractivity (Wildman–Crippen MR) is 82.6 cm³/mol. The van der Waals surface area contributed by atoms with Crippen molar-refractivity contribution in [2.24, 2.45) is 0 Å². The molecule has 0 saturated carbocycles. The van der Waals surface area contributed by atoms with Crippen molar-refractivity contribution in [3.63, 3.8) is 0 Å². The lowest BCUT2D eigenvalue weighted by Crippen LogP contribution is -2.26. The van der Waals surface area contributed by atoms with E-state index in [1.165, 1.54) is 12.1 Å². The predicted octanol–water partition coefficient (Wildman–Crippen LogP) is 3.64. The van der Waals surface area contributed by atoms with Crippen LogP contribution in [0.5, 0.6) is 5.75 Å². The Balaban J connectivity index is 1.84. The number of hydrogen-bond acceptors (Lipinski definition) is 3. The highest BCUT2D eigenvalue weighted by Gasteiger charge is 2.09. The van der Waals surface area contributed by atoms with E-state index in [1.54, 1.807) is 18.2 Å². The van der Waals surface area contributed by atoms with Crippen molar-refractivity contribution < 1.29 is 14.2 Å². The fraction of sp³-hybridized carbons (Fsp3) is 0.250. The summed E-state index contributed by atoms with van der Waals surface area (Å²) in [6, 6.07) is 11.6. The van der Waals surface area contributed by atoms with Gasteiger partial charge in [0, 0.05) is 17.3 Å². The normalized spacial score (nSPS) is 12.0. The molecule has 5 heteroatoms. The number of para-hydroxylation sites is 1. The van der Waals surface area contributed by atoms with Crippen LogP contribution >= 0.6 is 11.6 Å². The number of nitrogens with one attached hydrogen (secondary N) is 1. The van der Waals surface area contributed by atoms with Crippen molar-refractivity contribution in [1.29, 1.82) is 0 Å². The van der Waals surface area contributed by atoms with Gasteiger partial charge in [0.15, 0.2) is 11.6 Å². The van der Waals surface area contributed by atoms with Crippen LogP contribution in [0.4, 0.5) is 10.1 Å². The zero-order chi connectivity index (χ0) is 15.2. The Hall–Kier alpha value is -1.78. The second kappa shape index (κ2) is 7.29. The molecule has 0 fully saturated rings. The molecule has 0 bridgehead atoms.